The van der Waals surface area contributed by atoms with Crippen molar-refractivity contribution in [3.05, 3.63) is 24.3 Å². The van der Waals surface area contributed by atoms with E-state index in [0.29, 0.717) is 11.6 Å². The first kappa shape index (κ1) is 9.15. The van der Waals surface area contributed by atoms with Crippen LogP contribution in [0.2, 0.25) is 0 Å². The minimum Gasteiger partial charge on any atom is -0.306 e. The summed E-state index contributed by atoms with van der Waals surface area (Å²) in [7, 11) is 0. The van der Waals surface area contributed by atoms with Gasteiger partial charge in [-0.15, -0.1) is 0 Å². The van der Waals surface area contributed by atoms with E-state index in [1.165, 1.54) is 0 Å². The van der Waals surface area contributed by atoms with Gasteiger partial charge in [0.1, 0.15) is 0 Å². The number of hydrogen-bond donors (Lipinski definition) is 1. The molecule has 1 nitrogen and oxygen atoms in total. The summed E-state index contributed by atoms with van der Waals surface area (Å²) in [5, 5.41) is 7.06. The number of rotatable bonds is 3. The largest absolute Gasteiger partial charge is 0.306 e. The molecule has 1 N–H and O–H groups in total. The molecule has 0 aliphatic rings. The van der Waals surface area contributed by atoms with E-state index in [9.17, 15) is 0 Å². The minimum atomic E-state index is 0.591. The third kappa shape index (κ3) is 7.15. The van der Waals surface area contributed by atoms with E-state index >= 15 is 0 Å². The van der Waals surface area contributed by atoms with Gasteiger partial charge < -0.3 is 5.41 Å². The van der Waals surface area contributed by atoms with Crippen LogP contribution in [0.1, 0.15) is 20.8 Å². The molecule has 0 bridgehead atoms. The lowest BCUT2D eigenvalue weighted by molar-refractivity contribution is 0.832. The lowest BCUT2D eigenvalue weighted by Crippen LogP contribution is -1.77. The summed E-state index contributed by atoms with van der Waals surface area (Å²) in [4.78, 5) is 0. The van der Waals surface area contributed by atoms with Gasteiger partial charge in [-0.2, -0.15) is 0 Å². The fourth-order valence-electron chi connectivity index (χ4n) is 0.486. The molecule has 0 aliphatic carbocycles. The molecule has 56 valence electrons. The Bertz CT molecular complexity index is 152. The van der Waals surface area contributed by atoms with E-state index in [0.717, 1.165) is 0 Å². The van der Waals surface area contributed by atoms with Gasteiger partial charge in [0.05, 0.1) is 0 Å². The van der Waals surface area contributed by atoms with Gasteiger partial charge in [0, 0.05) is 5.71 Å². The van der Waals surface area contributed by atoms with Crippen LogP contribution in [0.5, 0.6) is 0 Å². The zero-order chi connectivity index (χ0) is 7.98. The maximum absolute atomic E-state index is 7.06. The van der Waals surface area contributed by atoms with Crippen molar-refractivity contribution >= 4 is 5.71 Å². The van der Waals surface area contributed by atoms with E-state index in [2.05, 4.69) is 19.9 Å². The Balaban J connectivity index is 3.62. The molecule has 0 atom stereocenters. The summed E-state index contributed by atoms with van der Waals surface area (Å²) in [6.45, 7) is 6.02. The highest BCUT2D eigenvalue weighted by Crippen LogP contribution is 1.93. The molecular formula is C9H15N. The molecular weight excluding hydrogens is 122 g/mol. The first-order valence-corrected chi connectivity index (χ1v) is 3.53. The summed E-state index contributed by atoms with van der Waals surface area (Å²) in [5.74, 6) is 0.593. The van der Waals surface area contributed by atoms with Crippen LogP contribution in [0.3, 0.4) is 0 Å². The Labute approximate surface area is 63.0 Å². The minimum absolute atomic E-state index is 0.591. The van der Waals surface area contributed by atoms with Crippen molar-refractivity contribution in [1.29, 1.82) is 5.41 Å². The van der Waals surface area contributed by atoms with Gasteiger partial charge in [0.15, 0.2) is 0 Å². The van der Waals surface area contributed by atoms with Crippen LogP contribution in [-0.2, 0) is 0 Å². The van der Waals surface area contributed by atoms with Gasteiger partial charge in [0.25, 0.3) is 0 Å². The van der Waals surface area contributed by atoms with Crippen molar-refractivity contribution < 1.29 is 0 Å². The molecule has 0 unspecified atom stereocenters. The molecule has 0 radical (unpaired) electrons. The van der Waals surface area contributed by atoms with E-state index in [-0.39, 0.29) is 0 Å². The van der Waals surface area contributed by atoms with Crippen molar-refractivity contribution in [2.75, 3.05) is 0 Å². The topological polar surface area (TPSA) is 23.9 Å². The predicted octanol–water partition coefficient (Wildman–Crippen LogP) is 2.79. The van der Waals surface area contributed by atoms with Crippen molar-refractivity contribution in [3.8, 4) is 0 Å². The predicted molar refractivity (Wildman–Crippen MR) is 46.5 cm³/mol. The van der Waals surface area contributed by atoms with Crippen LogP contribution < -0.4 is 0 Å². The maximum atomic E-state index is 7.06. The summed E-state index contributed by atoms with van der Waals surface area (Å²) < 4.78 is 0. The second-order valence-corrected chi connectivity index (χ2v) is 2.67. The van der Waals surface area contributed by atoms with E-state index < -0.39 is 0 Å². The van der Waals surface area contributed by atoms with E-state index in [1.807, 2.05) is 12.2 Å². The summed E-state index contributed by atoms with van der Waals surface area (Å²) in [6, 6.07) is 0. The SMILES string of the molecule is CC(=N)/C=C\C=C/C(C)C. The zero-order valence-corrected chi connectivity index (χ0v) is 6.89. The molecule has 10 heavy (non-hydrogen) atoms. The Hall–Kier alpha value is -0.850. The van der Waals surface area contributed by atoms with Crippen molar-refractivity contribution in [2.45, 2.75) is 20.8 Å². The number of hydrogen-bond acceptors (Lipinski definition) is 1. The Morgan fingerprint density at radius 2 is 1.90 bits per heavy atom. The second kappa shape index (κ2) is 4.98. The monoisotopic (exact) mass is 137 g/mol. The van der Waals surface area contributed by atoms with Crippen LogP contribution >= 0.6 is 0 Å². The molecule has 0 spiro atoms. The van der Waals surface area contributed by atoms with Gasteiger partial charge in [-0.05, 0) is 18.9 Å². The molecule has 0 aliphatic heterocycles. The molecule has 0 saturated carbocycles. The summed E-state index contributed by atoms with van der Waals surface area (Å²) >= 11 is 0. The molecule has 0 fully saturated rings. The van der Waals surface area contributed by atoms with E-state index in [4.69, 9.17) is 5.41 Å². The fourth-order valence-corrected chi connectivity index (χ4v) is 0.486. The standard InChI is InChI=1S/C9H15N/c1-8(2)6-4-5-7-9(3)10/h4-8,10H,1-3H3/b6-4-,7-5-,10-9?. The Morgan fingerprint density at radius 1 is 1.30 bits per heavy atom. The highest BCUT2D eigenvalue weighted by atomic mass is 14.4. The molecule has 0 rings (SSSR count). The molecule has 0 amide bonds. The third-order valence-electron chi connectivity index (χ3n) is 0.953. The van der Waals surface area contributed by atoms with Gasteiger partial charge in [0.2, 0.25) is 0 Å². The molecule has 0 heterocycles. The molecule has 0 aromatic rings. The maximum Gasteiger partial charge on any atom is 0.0282 e. The van der Waals surface area contributed by atoms with E-state index in [1.54, 1.807) is 13.0 Å². The number of nitrogens with one attached hydrogen (secondary N) is 1. The average Bonchev–Trinajstić information content (AvgIpc) is 1.79. The average molecular weight is 137 g/mol. The van der Waals surface area contributed by atoms with Gasteiger partial charge in [-0.25, -0.2) is 0 Å². The summed E-state index contributed by atoms with van der Waals surface area (Å²) in [6.07, 6.45) is 7.74. The quantitative estimate of drug-likeness (QED) is 0.457. The molecule has 0 saturated heterocycles. The van der Waals surface area contributed by atoms with Crippen molar-refractivity contribution in [3.63, 3.8) is 0 Å². The lowest BCUT2D eigenvalue weighted by Gasteiger charge is -1.88. The van der Waals surface area contributed by atoms with Crippen LogP contribution in [0.25, 0.3) is 0 Å². The smallest absolute Gasteiger partial charge is 0.0282 e. The van der Waals surface area contributed by atoms with Gasteiger partial charge in [-0.3, -0.25) is 0 Å². The van der Waals surface area contributed by atoms with Gasteiger partial charge in [-0.1, -0.05) is 32.1 Å². The van der Waals surface area contributed by atoms with Crippen LogP contribution in [0.4, 0.5) is 0 Å². The molecule has 0 aromatic carbocycles. The van der Waals surface area contributed by atoms with Crippen LogP contribution in [0.15, 0.2) is 24.3 Å². The van der Waals surface area contributed by atoms with Crippen molar-refractivity contribution in [1.82, 2.24) is 0 Å². The number of allylic oxidation sites excluding steroid dienone is 4. The molecule has 0 aromatic heterocycles. The zero-order valence-electron chi connectivity index (χ0n) is 6.89. The summed E-state index contributed by atoms with van der Waals surface area (Å²) in [5.41, 5.74) is 0.591. The van der Waals surface area contributed by atoms with Crippen LogP contribution in [-0.4, -0.2) is 5.71 Å². The highest BCUT2D eigenvalue weighted by molar-refractivity contribution is 5.90. The van der Waals surface area contributed by atoms with Crippen LogP contribution in [0, 0.1) is 11.3 Å². The first-order valence-electron chi connectivity index (χ1n) is 3.53. The Morgan fingerprint density at radius 3 is 2.30 bits per heavy atom. The molecule has 1 heteroatoms. The third-order valence-corrected chi connectivity index (χ3v) is 0.953. The second-order valence-electron chi connectivity index (χ2n) is 2.67. The lowest BCUT2D eigenvalue weighted by atomic mass is 10.2. The Kier molecular flexibility index (Phi) is 4.55. The fraction of sp³-hybridized carbons (Fsp3) is 0.444. The highest BCUT2D eigenvalue weighted by Gasteiger charge is 1.79. The normalized spacial score (nSPS) is 12.0. The van der Waals surface area contributed by atoms with Gasteiger partial charge >= 0.3 is 0 Å². The first-order chi connectivity index (χ1) is 4.63. The van der Waals surface area contributed by atoms with Crippen molar-refractivity contribution in [2.24, 2.45) is 5.92 Å².